The summed E-state index contributed by atoms with van der Waals surface area (Å²) in [6.45, 7) is 5.47. The monoisotopic (exact) mass is 292 g/mol. The summed E-state index contributed by atoms with van der Waals surface area (Å²) in [5.41, 5.74) is 0.674. The van der Waals surface area contributed by atoms with Crippen LogP contribution in [0.15, 0.2) is 18.2 Å². The largest absolute Gasteiger partial charge is 0.497 e. The Kier molecular flexibility index (Phi) is 5.44. The van der Waals surface area contributed by atoms with Crippen LogP contribution in [-0.4, -0.2) is 32.2 Å². The molecule has 1 heterocycles. The van der Waals surface area contributed by atoms with Crippen LogP contribution in [0.3, 0.4) is 0 Å². The number of carbonyl (C=O) groups excluding carboxylic acids is 1. The van der Waals surface area contributed by atoms with Gasteiger partial charge in [0.2, 0.25) is 5.91 Å². The van der Waals surface area contributed by atoms with Gasteiger partial charge in [-0.25, -0.2) is 0 Å². The van der Waals surface area contributed by atoms with Gasteiger partial charge in [0.05, 0.1) is 19.4 Å². The molecule has 1 aliphatic rings. The number of ether oxygens (including phenoxy) is 2. The summed E-state index contributed by atoms with van der Waals surface area (Å²) in [6.07, 6.45) is 1.73. The number of hydrogen-bond donors (Lipinski definition) is 2. The summed E-state index contributed by atoms with van der Waals surface area (Å²) >= 11 is 0. The number of rotatable bonds is 5. The number of benzene rings is 1. The molecule has 116 valence electrons. The van der Waals surface area contributed by atoms with Gasteiger partial charge in [-0.3, -0.25) is 4.79 Å². The number of anilines is 1. The zero-order valence-corrected chi connectivity index (χ0v) is 12.9. The predicted molar refractivity (Wildman–Crippen MR) is 83.0 cm³/mol. The topological polar surface area (TPSA) is 59.6 Å². The summed E-state index contributed by atoms with van der Waals surface area (Å²) in [4.78, 5) is 12.4. The first-order valence-corrected chi connectivity index (χ1v) is 7.49. The molecule has 0 radical (unpaired) electrons. The predicted octanol–water partition coefficient (Wildman–Crippen LogP) is 2.42. The third-order valence-electron chi connectivity index (χ3n) is 3.74. The van der Waals surface area contributed by atoms with Gasteiger partial charge in [0.1, 0.15) is 11.5 Å². The van der Waals surface area contributed by atoms with Gasteiger partial charge < -0.3 is 20.1 Å². The van der Waals surface area contributed by atoms with E-state index in [1.54, 1.807) is 13.2 Å². The van der Waals surface area contributed by atoms with Gasteiger partial charge in [0.15, 0.2) is 0 Å². The minimum absolute atomic E-state index is 0.0435. The van der Waals surface area contributed by atoms with Crippen molar-refractivity contribution in [3.05, 3.63) is 18.2 Å². The normalized spacial score (nSPS) is 21.7. The lowest BCUT2D eigenvalue weighted by molar-refractivity contribution is -0.120. The molecule has 0 unspecified atom stereocenters. The highest BCUT2D eigenvalue weighted by atomic mass is 16.5. The molecule has 0 spiro atoms. The van der Waals surface area contributed by atoms with E-state index in [0.717, 1.165) is 19.4 Å². The van der Waals surface area contributed by atoms with Crippen molar-refractivity contribution in [1.29, 1.82) is 0 Å². The smallest absolute Gasteiger partial charge is 0.227 e. The highest BCUT2D eigenvalue weighted by Crippen LogP contribution is 2.30. The maximum Gasteiger partial charge on any atom is 0.227 e. The summed E-state index contributed by atoms with van der Waals surface area (Å²) in [5.74, 6) is 1.47. The Hall–Kier alpha value is -1.75. The number of amides is 1. The number of nitrogens with one attached hydrogen (secondary N) is 2. The first kappa shape index (κ1) is 15.6. The van der Waals surface area contributed by atoms with Gasteiger partial charge >= 0.3 is 0 Å². The molecule has 0 aliphatic carbocycles. The van der Waals surface area contributed by atoms with Gasteiger partial charge in [-0.1, -0.05) is 0 Å². The molecule has 1 aliphatic heterocycles. The molecule has 1 saturated heterocycles. The van der Waals surface area contributed by atoms with Gasteiger partial charge in [-0.2, -0.15) is 0 Å². The fourth-order valence-electron chi connectivity index (χ4n) is 2.62. The average molecular weight is 292 g/mol. The number of methoxy groups -OCH3 is 1. The molecular formula is C16H24N2O3. The van der Waals surface area contributed by atoms with E-state index >= 15 is 0 Å². The fourth-order valence-corrected chi connectivity index (χ4v) is 2.62. The summed E-state index contributed by atoms with van der Waals surface area (Å²) < 4.78 is 10.8. The van der Waals surface area contributed by atoms with Crippen molar-refractivity contribution >= 4 is 11.6 Å². The van der Waals surface area contributed by atoms with E-state index in [-0.39, 0.29) is 11.8 Å². The van der Waals surface area contributed by atoms with Crippen LogP contribution in [0.25, 0.3) is 0 Å². The molecule has 2 rings (SSSR count). The number of piperidine rings is 1. The maximum absolute atomic E-state index is 12.4. The Balaban J connectivity index is 2.11. The van der Waals surface area contributed by atoms with Crippen LogP contribution in [0, 0.1) is 5.92 Å². The summed E-state index contributed by atoms with van der Waals surface area (Å²) in [6, 6.07) is 5.83. The second kappa shape index (κ2) is 7.31. The van der Waals surface area contributed by atoms with Gasteiger partial charge in [0.25, 0.3) is 0 Å². The van der Waals surface area contributed by atoms with E-state index in [9.17, 15) is 4.79 Å². The lowest BCUT2D eigenvalue weighted by Gasteiger charge is -2.27. The molecule has 1 aromatic rings. The van der Waals surface area contributed by atoms with Crippen molar-refractivity contribution in [1.82, 2.24) is 5.32 Å². The minimum Gasteiger partial charge on any atom is -0.497 e. The highest BCUT2D eigenvalue weighted by Gasteiger charge is 2.25. The van der Waals surface area contributed by atoms with E-state index in [1.165, 1.54) is 0 Å². The maximum atomic E-state index is 12.4. The van der Waals surface area contributed by atoms with Crippen molar-refractivity contribution in [3.63, 3.8) is 0 Å². The molecule has 21 heavy (non-hydrogen) atoms. The van der Waals surface area contributed by atoms with Crippen LogP contribution < -0.4 is 20.1 Å². The lowest BCUT2D eigenvalue weighted by Crippen LogP contribution is -2.40. The first-order chi connectivity index (χ1) is 10.1. The average Bonchev–Trinajstić information content (AvgIpc) is 2.49. The molecule has 0 saturated carbocycles. The van der Waals surface area contributed by atoms with Crippen molar-refractivity contribution < 1.29 is 14.3 Å². The van der Waals surface area contributed by atoms with Crippen LogP contribution in [0.5, 0.6) is 11.5 Å². The molecule has 2 atom stereocenters. The molecule has 5 heteroatoms. The van der Waals surface area contributed by atoms with E-state index in [1.807, 2.05) is 19.1 Å². The van der Waals surface area contributed by atoms with Crippen molar-refractivity contribution in [2.75, 3.05) is 25.6 Å². The second-order valence-electron chi connectivity index (χ2n) is 5.36. The molecular weight excluding hydrogens is 268 g/mol. The third kappa shape index (κ3) is 4.11. The van der Waals surface area contributed by atoms with Gasteiger partial charge in [-0.05, 0) is 45.4 Å². The molecule has 2 N–H and O–H groups in total. The van der Waals surface area contributed by atoms with Crippen LogP contribution in [0.2, 0.25) is 0 Å². The Bertz CT molecular complexity index is 490. The van der Waals surface area contributed by atoms with Crippen LogP contribution in [0.1, 0.15) is 26.7 Å². The van der Waals surface area contributed by atoms with Gasteiger partial charge in [0, 0.05) is 18.0 Å². The number of carbonyl (C=O) groups is 1. The molecule has 1 fully saturated rings. The lowest BCUT2D eigenvalue weighted by atomic mass is 9.92. The molecule has 0 bridgehead atoms. The van der Waals surface area contributed by atoms with E-state index in [2.05, 4.69) is 17.6 Å². The van der Waals surface area contributed by atoms with Crippen molar-refractivity contribution in [3.8, 4) is 11.5 Å². The molecule has 0 aromatic heterocycles. The van der Waals surface area contributed by atoms with E-state index < -0.39 is 0 Å². The van der Waals surface area contributed by atoms with Crippen LogP contribution in [0.4, 0.5) is 5.69 Å². The second-order valence-corrected chi connectivity index (χ2v) is 5.36. The zero-order chi connectivity index (χ0) is 15.2. The Morgan fingerprint density at radius 3 is 2.95 bits per heavy atom. The standard InChI is InChI=1S/C16H24N2O3/c1-4-21-15-6-5-13(20-3)10-14(15)18-16(19)12-7-8-17-11(2)9-12/h5-6,10-12,17H,4,7-9H2,1-3H3,(H,18,19)/t11-,12-/m0/s1. The zero-order valence-electron chi connectivity index (χ0n) is 12.9. The van der Waals surface area contributed by atoms with Gasteiger partial charge in [-0.15, -0.1) is 0 Å². The molecule has 5 nitrogen and oxygen atoms in total. The third-order valence-corrected chi connectivity index (χ3v) is 3.74. The highest BCUT2D eigenvalue weighted by molar-refractivity contribution is 5.94. The first-order valence-electron chi connectivity index (χ1n) is 7.49. The Morgan fingerprint density at radius 1 is 1.48 bits per heavy atom. The van der Waals surface area contributed by atoms with E-state index in [0.29, 0.717) is 29.8 Å². The Labute approximate surface area is 126 Å². The van der Waals surface area contributed by atoms with Crippen molar-refractivity contribution in [2.45, 2.75) is 32.7 Å². The van der Waals surface area contributed by atoms with Crippen LogP contribution in [-0.2, 0) is 4.79 Å². The summed E-state index contributed by atoms with van der Waals surface area (Å²) in [5, 5.41) is 6.34. The number of hydrogen-bond acceptors (Lipinski definition) is 4. The quantitative estimate of drug-likeness (QED) is 0.875. The Morgan fingerprint density at radius 2 is 2.29 bits per heavy atom. The SMILES string of the molecule is CCOc1ccc(OC)cc1NC(=O)[C@H]1CCN[C@@H](C)C1. The van der Waals surface area contributed by atoms with E-state index in [4.69, 9.17) is 9.47 Å². The van der Waals surface area contributed by atoms with Crippen molar-refractivity contribution in [2.24, 2.45) is 5.92 Å². The minimum atomic E-state index is 0.0435. The van der Waals surface area contributed by atoms with Crippen LogP contribution >= 0.6 is 0 Å². The summed E-state index contributed by atoms with van der Waals surface area (Å²) in [7, 11) is 1.61. The fraction of sp³-hybridized carbons (Fsp3) is 0.562. The molecule has 1 aromatic carbocycles. The molecule has 1 amide bonds.